The fraction of sp³-hybridized carbons (Fsp3) is 0.0294. The van der Waals surface area contributed by atoms with E-state index in [1.807, 2.05) is 257 Å². The first kappa shape index (κ1) is 50.9. The van der Waals surface area contributed by atoms with E-state index in [1.54, 1.807) is 0 Å². The molecule has 15 rings (SSSR count). The van der Waals surface area contributed by atoms with Crippen molar-refractivity contribution in [2.75, 3.05) is 0 Å². The van der Waals surface area contributed by atoms with Gasteiger partial charge in [-0.2, -0.15) is 15.0 Å². The van der Waals surface area contributed by atoms with E-state index in [-0.39, 0.29) is 0 Å². The monoisotopic (exact) mass is 1090 g/mol. The predicted octanol–water partition coefficient (Wildman–Crippen LogP) is 17.6. The molecule has 83 heavy (non-hydrogen) atoms. The molecule has 0 aliphatic heterocycles. The van der Waals surface area contributed by atoms with Gasteiger partial charge in [0.2, 0.25) is 17.5 Å². The van der Waals surface area contributed by atoms with Gasteiger partial charge in [-0.25, -0.2) is 0 Å². The molecule has 0 radical (unpaired) electrons. The molecule has 9 aromatic carbocycles. The van der Waals surface area contributed by atoms with E-state index in [2.05, 4.69) is 45.4 Å². The van der Waals surface area contributed by atoms with Crippen LogP contribution >= 0.6 is 0 Å². The van der Waals surface area contributed by atoms with Crippen LogP contribution in [-0.4, -0.2) is 45.4 Å². The Morgan fingerprint density at radius 2 is 0.566 bits per heavy atom. The number of hydrogen-bond acceptors (Lipinski definition) is 12. The Morgan fingerprint density at radius 3 is 0.880 bits per heavy atom. The van der Waals surface area contributed by atoms with Crippen LogP contribution in [0, 0.1) is 13.8 Å². The number of nitrogens with zero attached hydrogens (tertiary/aromatic N) is 6. The Kier molecular flexibility index (Phi) is 14.1. The first-order chi connectivity index (χ1) is 40.8. The molecule has 402 valence electrons. The van der Waals surface area contributed by atoms with E-state index in [4.69, 9.17) is 27.8 Å². The highest BCUT2D eigenvalue weighted by Gasteiger charge is 2.15. The number of rotatable bonds is 12. The molecule has 15 heteroatoms. The van der Waals surface area contributed by atoms with Crippen molar-refractivity contribution >= 4 is 32.7 Å². The van der Waals surface area contributed by atoms with Crippen LogP contribution in [0.1, 0.15) is 11.1 Å². The van der Waals surface area contributed by atoms with Gasteiger partial charge in [-0.05, 0) is 196 Å². The number of hydrogen-bond donors (Lipinski definition) is 3. The van der Waals surface area contributed by atoms with E-state index in [0.29, 0.717) is 35.1 Å². The number of H-pyrrole nitrogens is 3. The lowest BCUT2D eigenvalue weighted by atomic mass is 10.1. The van der Waals surface area contributed by atoms with Crippen molar-refractivity contribution < 1.29 is 27.8 Å². The third kappa shape index (κ3) is 11.9. The van der Waals surface area contributed by atoms with Crippen molar-refractivity contribution in [2.45, 2.75) is 13.8 Å². The second-order valence-electron chi connectivity index (χ2n) is 19.4. The quantitative estimate of drug-likeness (QED) is 0.105. The van der Waals surface area contributed by atoms with Crippen LogP contribution in [0.25, 0.3) is 101 Å². The maximum atomic E-state index is 5.86. The van der Waals surface area contributed by atoms with Gasteiger partial charge in [-0.15, -0.1) is 0 Å². The molecule has 0 saturated heterocycles. The maximum absolute atomic E-state index is 5.86. The molecular formula is C68H49N9O6. The van der Waals surface area contributed by atoms with Crippen molar-refractivity contribution in [1.82, 2.24) is 45.4 Å². The molecule has 0 saturated carbocycles. The van der Waals surface area contributed by atoms with Crippen molar-refractivity contribution in [3.8, 4) is 103 Å². The van der Waals surface area contributed by atoms with Gasteiger partial charge in [-0.3, -0.25) is 0 Å². The molecular weight excluding hydrogens is 1040 g/mol. The largest absolute Gasteiger partial charge is 0.457 e. The van der Waals surface area contributed by atoms with Crippen LogP contribution in [0.2, 0.25) is 0 Å². The van der Waals surface area contributed by atoms with Crippen molar-refractivity contribution in [3.05, 3.63) is 254 Å². The molecule has 0 amide bonds. The summed E-state index contributed by atoms with van der Waals surface area (Å²) in [5.41, 5.74) is 10.9. The summed E-state index contributed by atoms with van der Waals surface area (Å²) < 4.78 is 33.9. The average Bonchev–Trinajstić information content (AvgIpc) is 4.61. The average molecular weight is 1090 g/mol. The number of para-hydroxylation sites is 1. The van der Waals surface area contributed by atoms with Crippen molar-refractivity contribution in [3.63, 3.8) is 0 Å². The summed E-state index contributed by atoms with van der Waals surface area (Å²) in [4.78, 5) is 23.1. The van der Waals surface area contributed by atoms with E-state index in [0.717, 1.165) is 101 Å². The van der Waals surface area contributed by atoms with Crippen LogP contribution in [0.3, 0.4) is 0 Å². The zero-order chi connectivity index (χ0) is 55.9. The molecule has 0 atom stereocenters. The molecule has 0 fully saturated rings. The van der Waals surface area contributed by atoms with Crippen molar-refractivity contribution in [2.24, 2.45) is 0 Å². The molecule has 6 heterocycles. The predicted molar refractivity (Wildman–Crippen MR) is 320 cm³/mol. The molecule has 0 unspecified atom stereocenters. The van der Waals surface area contributed by atoms with Gasteiger partial charge in [-0.1, -0.05) is 69.1 Å². The molecule has 0 aliphatic rings. The van der Waals surface area contributed by atoms with Gasteiger partial charge in [0.15, 0.2) is 0 Å². The van der Waals surface area contributed by atoms with Crippen molar-refractivity contribution in [1.29, 1.82) is 0 Å². The minimum atomic E-state index is 0.498. The number of aryl methyl sites for hydroxylation is 2. The van der Waals surface area contributed by atoms with Crippen LogP contribution in [-0.2, 0) is 0 Å². The molecule has 0 spiro atoms. The number of fused-ring (bicyclic) bond motifs is 3. The molecule has 6 aromatic heterocycles. The Hall–Kier alpha value is -11.6. The fourth-order valence-electron chi connectivity index (χ4n) is 9.06. The summed E-state index contributed by atoms with van der Waals surface area (Å²) >= 11 is 0. The molecule has 15 aromatic rings. The highest BCUT2D eigenvalue weighted by atomic mass is 16.5. The summed E-state index contributed by atoms with van der Waals surface area (Å²) in [5, 5.41) is 15.7. The fourth-order valence-corrected chi connectivity index (χ4v) is 9.06. The zero-order valence-corrected chi connectivity index (χ0v) is 44.7. The highest BCUT2D eigenvalue weighted by molar-refractivity contribution is 5.85. The summed E-state index contributed by atoms with van der Waals surface area (Å²) in [7, 11) is 0. The standard InChI is InChI=1S/2C23H17N3O2.C22H15N3O2/c2*1-15-2-7-19(8-3-15)27-20-9-4-16(5-10-20)22-25-23(28-26-22)18-6-11-21-17(14-18)12-13-24-21;1-2-4-18(5-3-1)26-19-9-6-15(7-10-19)21-24-22(27-25-21)17-8-11-20-16(14-17)12-13-23-20/h2*2-14,24H,1H3;1-14,23H. The third-order valence-corrected chi connectivity index (χ3v) is 13.5. The van der Waals surface area contributed by atoms with Gasteiger partial charge < -0.3 is 42.7 Å². The number of aromatic amines is 3. The lowest BCUT2D eigenvalue weighted by molar-refractivity contribution is 0.432. The van der Waals surface area contributed by atoms with E-state index in [1.165, 1.54) is 11.1 Å². The number of aromatic nitrogens is 9. The topological polar surface area (TPSA) is 192 Å². The summed E-state index contributed by atoms with van der Waals surface area (Å²) in [6.07, 6.45) is 5.73. The first-order valence-corrected chi connectivity index (χ1v) is 26.6. The SMILES string of the molecule is Cc1ccc(Oc2ccc(-c3noc(-c4ccc5[nH]ccc5c4)n3)cc2)cc1.Cc1ccc(Oc2ccc(-c3noc(-c4ccc5[nH]ccc5c4)n3)cc2)cc1.c1ccc(Oc2ccc(-c3noc(-c4ccc5[nH]ccc5c4)n3)cc2)cc1. The maximum Gasteiger partial charge on any atom is 0.258 e. The summed E-state index contributed by atoms with van der Waals surface area (Å²) in [5.74, 6) is 7.82. The Labute approximate surface area is 474 Å². The van der Waals surface area contributed by atoms with Crippen LogP contribution in [0.15, 0.2) is 257 Å². The number of nitrogens with one attached hydrogen (secondary N) is 3. The first-order valence-electron chi connectivity index (χ1n) is 26.6. The number of benzene rings is 9. The molecule has 0 bridgehead atoms. The van der Waals surface area contributed by atoms with Crippen LogP contribution in [0.5, 0.6) is 34.5 Å². The minimum absolute atomic E-state index is 0.498. The zero-order valence-electron chi connectivity index (χ0n) is 44.7. The summed E-state index contributed by atoms with van der Waals surface area (Å²) in [6, 6.07) is 72.6. The van der Waals surface area contributed by atoms with Gasteiger partial charge in [0.05, 0.1) is 0 Å². The van der Waals surface area contributed by atoms with Crippen LogP contribution in [0.4, 0.5) is 0 Å². The van der Waals surface area contributed by atoms with E-state index < -0.39 is 0 Å². The lowest BCUT2D eigenvalue weighted by Gasteiger charge is -2.06. The minimum Gasteiger partial charge on any atom is -0.457 e. The Morgan fingerprint density at radius 1 is 0.289 bits per heavy atom. The van der Waals surface area contributed by atoms with E-state index in [9.17, 15) is 0 Å². The normalized spacial score (nSPS) is 11.0. The molecule has 15 nitrogen and oxygen atoms in total. The second kappa shape index (κ2) is 23.0. The highest BCUT2D eigenvalue weighted by Crippen LogP contribution is 2.32. The molecule has 3 N–H and O–H groups in total. The van der Waals surface area contributed by atoms with E-state index >= 15 is 0 Å². The van der Waals surface area contributed by atoms with Gasteiger partial charge in [0.25, 0.3) is 17.7 Å². The van der Waals surface area contributed by atoms with Gasteiger partial charge in [0, 0.05) is 84.7 Å². The lowest BCUT2D eigenvalue weighted by Crippen LogP contribution is -1.86. The second-order valence-corrected chi connectivity index (χ2v) is 19.4. The van der Waals surface area contributed by atoms with Gasteiger partial charge >= 0.3 is 0 Å². The Bertz CT molecular complexity index is 4400. The Balaban J connectivity index is 0.000000117. The smallest absolute Gasteiger partial charge is 0.258 e. The molecule has 0 aliphatic carbocycles. The third-order valence-electron chi connectivity index (χ3n) is 13.5. The van der Waals surface area contributed by atoms with Gasteiger partial charge in [0.1, 0.15) is 34.5 Å². The number of ether oxygens (including phenoxy) is 3. The summed E-state index contributed by atoms with van der Waals surface area (Å²) in [6.45, 7) is 4.10. The van der Waals surface area contributed by atoms with Crippen LogP contribution < -0.4 is 14.2 Å².